The van der Waals surface area contributed by atoms with Gasteiger partial charge < -0.3 is 5.32 Å². The number of hydrogen-bond donors (Lipinski definition) is 2. The SMILES string of the molecule is CNCc1n[nH]c(C)c1-c1c(C)cc(C)cc1C. The molecule has 0 fully saturated rings. The average molecular weight is 243 g/mol. The van der Waals surface area contributed by atoms with E-state index in [4.69, 9.17) is 0 Å². The van der Waals surface area contributed by atoms with Crippen molar-refractivity contribution in [2.24, 2.45) is 0 Å². The second-order valence-electron chi connectivity index (χ2n) is 4.97. The minimum Gasteiger partial charge on any atom is -0.314 e. The van der Waals surface area contributed by atoms with Crippen LogP contribution in [0, 0.1) is 27.7 Å². The molecule has 0 saturated carbocycles. The number of rotatable bonds is 3. The lowest BCUT2D eigenvalue weighted by molar-refractivity contribution is 0.784. The molecule has 0 aliphatic rings. The summed E-state index contributed by atoms with van der Waals surface area (Å²) in [7, 11) is 1.95. The van der Waals surface area contributed by atoms with Gasteiger partial charge in [0.1, 0.15) is 0 Å². The molecule has 0 spiro atoms. The van der Waals surface area contributed by atoms with Gasteiger partial charge in [0.15, 0.2) is 0 Å². The third-order valence-electron chi connectivity index (χ3n) is 3.29. The van der Waals surface area contributed by atoms with Gasteiger partial charge in [-0.3, -0.25) is 5.10 Å². The van der Waals surface area contributed by atoms with Gasteiger partial charge >= 0.3 is 0 Å². The van der Waals surface area contributed by atoms with Crippen LogP contribution in [0.2, 0.25) is 0 Å². The molecule has 1 aromatic carbocycles. The van der Waals surface area contributed by atoms with Gasteiger partial charge in [-0.25, -0.2) is 0 Å². The lowest BCUT2D eigenvalue weighted by Crippen LogP contribution is -2.07. The number of hydrogen-bond acceptors (Lipinski definition) is 2. The van der Waals surface area contributed by atoms with Crippen LogP contribution >= 0.6 is 0 Å². The van der Waals surface area contributed by atoms with Crippen LogP contribution in [-0.2, 0) is 6.54 Å². The molecule has 0 atom stereocenters. The molecule has 0 radical (unpaired) electrons. The molecule has 0 saturated heterocycles. The smallest absolute Gasteiger partial charge is 0.0841 e. The van der Waals surface area contributed by atoms with E-state index in [9.17, 15) is 0 Å². The highest BCUT2D eigenvalue weighted by molar-refractivity contribution is 5.75. The molecule has 0 bridgehead atoms. The van der Waals surface area contributed by atoms with E-state index in [2.05, 4.69) is 55.3 Å². The molecular weight excluding hydrogens is 222 g/mol. The topological polar surface area (TPSA) is 40.7 Å². The van der Waals surface area contributed by atoms with Crippen LogP contribution in [0.25, 0.3) is 11.1 Å². The molecule has 0 aliphatic carbocycles. The van der Waals surface area contributed by atoms with Gasteiger partial charge in [-0.1, -0.05) is 17.7 Å². The van der Waals surface area contributed by atoms with Crippen molar-refractivity contribution in [2.45, 2.75) is 34.2 Å². The van der Waals surface area contributed by atoms with Gasteiger partial charge in [0, 0.05) is 17.8 Å². The zero-order chi connectivity index (χ0) is 13.3. The molecule has 0 unspecified atom stereocenters. The Morgan fingerprint density at radius 1 is 1.06 bits per heavy atom. The van der Waals surface area contributed by atoms with Crippen LogP contribution in [0.3, 0.4) is 0 Å². The third kappa shape index (κ3) is 2.18. The fraction of sp³-hybridized carbons (Fsp3) is 0.400. The van der Waals surface area contributed by atoms with Crippen molar-refractivity contribution in [3.8, 4) is 11.1 Å². The zero-order valence-corrected chi connectivity index (χ0v) is 11.8. The molecule has 0 amide bonds. The molecule has 1 aromatic heterocycles. The summed E-state index contributed by atoms with van der Waals surface area (Å²) in [5.41, 5.74) is 8.73. The predicted octanol–water partition coefficient (Wildman–Crippen LogP) is 3.03. The first kappa shape index (κ1) is 12.8. The summed E-state index contributed by atoms with van der Waals surface area (Å²) in [6.07, 6.45) is 0. The molecule has 3 nitrogen and oxygen atoms in total. The van der Waals surface area contributed by atoms with E-state index in [1.54, 1.807) is 0 Å². The second kappa shape index (κ2) is 4.94. The summed E-state index contributed by atoms with van der Waals surface area (Å²) in [5.74, 6) is 0. The Labute approximate surface area is 109 Å². The molecule has 2 rings (SSSR count). The lowest BCUT2D eigenvalue weighted by Gasteiger charge is -2.12. The normalized spacial score (nSPS) is 10.9. The van der Waals surface area contributed by atoms with Crippen LogP contribution in [-0.4, -0.2) is 17.2 Å². The van der Waals surface area contributed by atoms with E-state index in [1.165, 1.54) is 27.8 Å². The van der Waals surface area contributed by atoms with Crippen LogP contribution < -0.4 is 5.32 Å². The van der Waals surface area contributed by atoms with E-state index in [1.807, 2.05) is 7.05 Å². The van der Waals surface area contributed by atoms with Crippen molar-refractivity contribution in [1.29, 1.82) is 0 Å². The molecule has 96 valence electrons. The second-order valence-corrected chi connectivity index (χ2v) is 4.97. The van der Waals surface area contributed by atoms with E-state index >= 15 is 0 Å². The molecular formula is C15H21N3. The monoisotopic (exact) mass is 243 g/mol. The summed E-state index contributed by atoms with van der Waals surface area (Å²) in [6.45, 7) is 9.35. The van der Waals surface area contributed by atoms with Gasteiger partial charge in [0.05, 0.1) is 5.69 Å². The van der Waals surface area contributed by atoms with E-state index in [0.29, 0.717) is 0 Å². The first-order chi connectivity index (χ1) is 8.54. The van der Waals surface area contributed by atoms with Crippen molar-refractivity contribution in [2.75, 3.05) is 7.05 Å². The van der Waals surface area contributed by atoms with Crippen LogP contribution in [0.15, 0.2) is 12.1 Å². The van der Waals surface area contributed by atoms with Gasteiger partial charge in [-0.2, -0.15) is 5.10 Å². The first-order valence-electron chi connectivity index (χ1n) is 6.31. The maximum absolute atomic E-state index is 4.40. The maximum Gasteiger partial charge on any atom is 0.0841 e. The highest BCUT2D eigenvalue weighted by Gasteiger charge is 2.16. The van der Waals surface area contributed by atoms with Crippen molar-refractivity contribution < 1.29 is 0 Å². The van der Waals surface area contributed by atoms with Crippen LogP contribution in [0.5, 0.6) is 0 Å². The summed E-state index contributed by atoms with van der Waals surface area (Å²) in [4.78, 5) is 0. The van der Waals surface area contributed by atoms with Crippen molar-refractivity contribution in [3.05, 3.63) is 40.2 Å². The van der Waals surface area contributed by atoms with Crippen LogP contribution in [0.1, 0.15) is 28.1 Å². The Morgan fingerprint density at radius 2 is 1.67 bits per heavy atom. The standard InChI is InChI=1S/C15H21N3/c1-9-6-10(2)14(11(3)7-9)15-12(4)17-18-13(15)8-16-5/h6-7,16H,8H2,1-5H3,(H,17,18). The van der Waals surface area contributed by atoms with Crippen molar-refractivity contribution >= 4 is 0 Å². The molecule has 0 aliphatic heterocycles. The molecule has 2 aromatic rings. The van der Waals surface area contributed by atoms with E-state index in [0.717, 1.165) is 17.9 Å². The Balaban J connectivity index is 2.65. The number of nitrogens with one attached hydrogen (secondary N) is 2. The van der Waals surface area contributed by atoms with Gasteiger partial charge in [-0.15, -0.1) is 0 Å². The fourth-order valence-electron chi connectivity index (χ4n) is 2.68. The molecule has 2 N–H and O–H groups in total. The number of H-pyrrole nitrogens is 1. The van der Waals surface area contributed by atoms with E-state index < -0.39 is 0 Å². The first-order valence-corrected chi connectivity index (χ1v) is 6.31. The lowest BCUT2D eigenvalue weighted by atomic mass is 9.92. The van der Waals surface area contributed by atoms with E-state index in [-0.39, 0.29) is 0 Å². The number of aryl methyl sites for hydroxylation is 4. The Morgan fingerprint density at radius 3 is 2.22 bits per heavy atom. The third-order valence-corrected chi connectivity index (χ3v) is 3.29. The summed E-state index contributed by atoms with van der Waals surface area (Å²) < 4.78 is 0. The Hall–Kier alpha value is -1.61. The van der Waals surface area contributed by atoms with Crippen molar-refractivity contribution in [1.82, 2.24) is 15.5 Å². The highest BCUT2D eigenvalue weighted by atomic mass is 15.1. The van der Waals surface area contributed by atoms with Gasteiger partial charge in [0.25, 0.3) is 0 Å². The Bertz CT molecular complexity index is 544. The van der Waals surface area contributed by atoms with Crippen molar-refractivity contribution in [3.63, 3.8) is 0 Å². The fourth-order valence-corrected chi connectivity index (χ4v) is 2.68. The highest BCUT2D eigenvalue weighted by Crippen LogP contribution is 2.32. The number of aromatic nitrogens is 2. The predicted molar refractivity (Wildman–Crippen MR) is 75.7 cm³/mol. The number of benzene rings is 1. The summed E-state index contributed by atoms with van der Waals surface area (Å²) in [5, 5.41) is 10.7. The molecule has 18 heavy (non-hydrogen) atoms. The zero-order valence-electron chi connectivity index (χ0n) is 11.8. The molecule has 1 heterocycles. The Kier molecular flexibility index (Phi) is 3.53. The average Bonchev–Trinajstić information content (AvgIpc) is 2.61. The minimum atomic E-state index is 0.784. The van der Waals surface area contributed by atoms with Gasteiger partial charge in [-0.05, 0) is 51.4 Å². The summed E-state index contributed by atoms with van der Waals surface area (Å²) >= 11 is 0. The quantitative estimate of drug-likeness (QED) is 0.870. The number of aromatic amines is 1. The van der Waals surface area contributed by atoms with Gasteiger partial charge in [0.2, 0.25) is 0 Å². The van der Waals surface area contributed by atoms with Crippen LogP contribution in [0.4, 0.5) is 0 Å². The molecule has 3 heteroatoms. The largest absolute Gasteiger partial charge is 0.314 e. The maximum atomic E-state index is 4.40. The summed E-state index contributed by atoms with van der Waals surface area (Å²) in [6, 6.07) is 4.47. The minimum absolute atomic E-state index is 0.784. The number of nitrogens with zero attached hydrogens (tertiary/aromatic N) is 1.